The molecular formula is C8H11F4N3. The number of aromatic nitrogens is 2. The molecule has 1 aromatic rings. The predicted molar refractivity (Wildman–Crippen MR) is 45.7 cm³/mol. The zero-order valence-electron chi connectivity index (χ0n) is 8.22. The Kier molecular flexibility index (Phi) is 3.03. The van der Waals surface area contributed by atoms with Crippen molar-refractivity contribution in [3.05, 3.63) is 17.5 Å². The Labute approximate surface area is 83.9 Å². The first-order chi connectivity index (χ1) is 6.76. The fraction of sp³-hybridized carbons (Fsp3) is 0.625. The first kappa shape index (κ1) is 12.0. The lowest BCUT2D eigenvalue weighted by Crippen LogP contribution is -2.41. The van der Waals surface area contributed by atoms with E-state index >= 15 is 0 Å². The van der Waals surface area contributed by atoms with Crippen molar-refractivity contribution < 1.29 is 17.6 Å². The second-order valence-corrected chi connectivity index (χ2v) is 3.49. The molecule has 1 atom stereocenters. The summed E-state index contributed by atoms with van der Waals surface area (Å²) in [5.41, 5.74) is 2.17. The van der Waals surface area contributed by atoms with Crippen LogP contribution in [0.15, 0.2) is 6.20 Å². The molecule has 0 amide bonds. The molecule has 2 N–H and O–H groups in total. The van der Waals surface area contributed by atoms with E-state index in [-0.39, 0.29) is 5.56 Å². The molecular weight excluding hydrogens is 214 g/mol. The molecule has 86 valence electrons. The summed E-state index contributed by atoms with van der Waals surface area (Å²) in [6.07, 6.45) is -4.75. The van der Waals surface area contributed by atoms with Crippen molar-refractivity contribution in [2.24, 2.45) is 12.8 Å². The molecule has 0 bridgehead atoms. The minimum absolute atomic E-state index is 0.324. The van der Waals surface area contributed by atoms with E-state index in [2.05, 4.69) is 5.10 Å². The van der Waals surface area contributed by atoms with Gasteiger partial charge in [-0.3, -0.25) is 4.68 Å². The fourth-order valence-corrected chi connectivity index (χ4v) is 1.20. The van der Waals surface area contributed by atoms with E-state index in [1.807, 2.05) is 0 Å². The van der Waals surface area contributed by atoms with Gasteiger partial charge in [0, 0.05) is 18.8 Å². The summed E-state index contributed by atoms with van der Waals surface area (Å²) >= 11 is 0. The van der Waals surface area contributed by atoms with Crippen LogP contribution in [-0.2, 0) is 12.6 Å². The number of halogens is 4. The van der Waals surface area contributed by atoms with Crippen LogP contribution in [0.5, 0.6) is 0 Å². The second-order valence-electron chi connectivity index (χ2n) is 3.49. The Hall–Kier alpha value is -1.11. The molecule has 0 radical (unpaired) electrons. The highest BCUT2D eigenvalue weighted by Gasteiger charge is 2.38. The standard InChI is InChI=1S/C8H11F4N3/c1-8(13,7(11)12)4-3-15(2)14-5(4)6(9)10/h3,6-7H,13H2,1-2H3. The fourth-order valence-electron chi connectivity index (χ4n) is 1.20. The number of rotatable bonds is 3. The van der Waals surface area contributed by atoms with E-state index < -0.39 is 24.1 Å². The third-order valence-corrected chi connectivity index (χ3v) is 2.10. The minimum Gasteiger partial charge on any atom is -0.317 e. The average Bonchev–Trinajstić information content (AvgIpc) is 2.47. The monoisotopic (exact) mass is 225 g/mol. The predicted octanol–water partition coefficient (Wildman–Crippen LogP) is 1.80. The van der Waals surface area contributed by atoms with E-state index in [0.717, 1.165) is 17.8 Å². The van der Waals surface area contributed by atoms with E-state index in [0.29, 0.717) is 0 Å². The molecule has 0 aliphatic rings. The molecule has 1 aromatic heterocycles. The number of nitrogens with two attached hydrogens (primary N) is 1. The second kappa shape index (κ2) is 3.80. The molecule has 1 unspecified atom stereocenters. The van der Waals surface area contributed by atoms with Gasteiger partial charge < -0.3 is 5.73 Å². The SMILES string of the molecule is Cn1cc(C(C)(N)C(F)F)c(C(F)F)n1. The Morgan fingerprint density at radius 3 is 2.33 bits per heavy atom. The van der Waals surface area contributed by atoms with Gasteiger partial charge in [-0.1, -0.05) is 0 Å². The molecule has 0 aliphatic carbocycles. The molecule has 0 aromatic carbocycles. The summed E-state index contributed by atoms with van der Waals surface area (Å²) in [6.45, 7) is 1.00. The molecule has 0 fully saturated rings. The van der Waals surface area contributed by atoms with Crippen LogP contribution in [0, 0.1) is 0 Å². The first-order valence-corrected chi connectivity index (χ1v) is 4.16. The van der Waals surface area contributed by atoms with Crippen molar-refractivity contribution in [3.8, 4) is 0 Å². The quantitative estimate of drug-likeness (QED) is 0.797. The van der Waals surface area contributed by atoms with Crippen molar-refractivity contribution in [1.82, 2.24) is 9.78 Å². The normalized spacial score (nSPS) is 16.1. The first-order valence-electron chi connectivity index (χ1n) is 4.16. The summed E-state index contributed by atoms with van der Waals surface area (Å²) in [5, 5.41) is 3.41. The molecule has 3 nitrogen and oxygen atoms in total. The van der Waals surface area contributed by atoms with Crippen LogP contribution in [-0.4, -0.2) is 16.2 Å². The van der Waals surface area contributed by atoms with Gasteiger partial charge in [0.2, 0.25) is 0 Å². The topological polar surface area (TPSA) is 43.8 Å². The van der Waals surface area contributed by atoms with Crippen LogP contribution < -0.4 is 5.73 Å². The lowest BCUT2D eigenvalue weighted by atomic mass is 9.94. The van der Waals surface area contributed by atoms with Gasteiger partial charge in [-0.2, -0.15) is 5.10 Å². The maximum Gasteiger partial charge on any atom is 0.282 e. The van der Waals surface area contributed by atoms with Crippen LogP contribution in [0.4, 0.5) is 17.6 Å². The largest absolute Gasteiger partial charge is 0.317 e. The van der Waals surface area contributed by atoms with Gasteiger partial charge in [0.25, 0.3) is 12.9 Å². The van der Waals surface area contributed by atoms with Crippen LogP contribution >= 0.6 is 0 Å². The van der Waals surface area contributed by atoms with Gasteiger partial charge in [-0.25, -0.2) is 17.6 Å². The minimum atomic E-state index is -2.93. The van der Waals surface area contributed by atoms with Crippen LogP contribution in [0.2, 0.25) is 0 Å². The summed E-state index contributed by atoms with van der Waals surface area (Å²) in [7, 11) is 1.37. The van der Waals surface area contributed by atoms with Gasteiger partial charge in [0.15, 0.2) is 0 Å². The molecule has 0 aliphatic heterocycles. The Bertz CT molecular complexity index is 346. The lowest BCUT2D eigenvalue weighted by Gasteiger charge is -2.23. The molecule has 1 rings (SSSR count). The summed E-state index contributed by atoms with van der Waals surface area (Å²) < 4.78 is 51.1. The zero-order chi connectivity index (χ0) is 11.8. The van der Waals surface area contributed by atoms with Gasteiger partial charge in [-0.15, -0.1) is 0 Å². The number of hydrogen-bond donors (Lipinski definition) is 1. The Morgan fingerprint density at radius 2 is 1.93 bits per heavy atom. The third kappa shape index (κ3) is 2.11. The van der Waals surface area contributed by atoms with Crippen LogP contribution in [0.25, 0.3) is 0 Å². The van der Waals surface area contributed by atoms with Gasteiger partial charge in [-0.05, 0) is 6.92 Å². The van der Waals surface area contributed by atoms with Crippen molar-refractivity contribution in [2.45, 2.75) is 25.3 Å². The highest BCUT2D eigenvalue weighted by Crippen LogP contribution is 2.32. The van der Waals surface area contributed by atoms with E-state index in [4.69, 9.17) is 5.73 Å². The Balaban J connectivity index is 3.24. The van der Waals surface area contributed by atoms with Crippen LogP contribution in [0.3, 0.4) is 0 Å². The van der Waals surface area contributed by atoms with Crippen LogP contribution in [0.1, 0.15) is 24.6 Å². The number of hydrogen-bond acceptors (Lipinski definition) is 2. The van der Waals surface area contributed by atoms with Gasteiger partial charge in [0.05, 0.1) is 0 Å². The number of nitrogens with zero attached hydrogens (tertiary/aromatic N) is 2. The zero-order valence-corrected chi connectivity index (χ0v) is 8.22. The summed E-state index contributed by atoms with van der Waals surface area (Å²) in [4.78, 5) is 0. The van der Waals surface area contributed by atoms with Gasteiger partial charge in [0.1, 0.15) is 11.2 Å². The number of aryl methyl sites for hydroxylation is 1. The van der Waals surface area contributed by atoms with Crippen molar-refractivity contribution in [2.75, 3.05) is 0 Å². The number of alkyl halides is 4. The molecule has 1 heterocycles. The third-order valence-electron chi connectivity index (χ3n) is 2.10. The van der Waals surface area contributed by atoms with Crippen molar-refractivity contribution in [3.63, 3.8) is 0 Å². The summed E-state index contributed by atoms with van der Waals surface area (Å²) in [5.74, 6) is 0. The maximum atomic E-state index is 12.5. The average molecular weight is 225 g/mol. The molecule has 0 saturated carbocycles. The van der Waals surface area contributed by atoms with Crippen molar-refractivity contribution in [1.29, 1.82) is 0 Å². The molecule has 0 spiro atoms. The highest BCUT2D eigenvalue weighted by molar-refractivity contribution is 5.27. The lowest BCUT2D eigenvalue weighted by molar-refractivity contribution is 0.0588. The van der Waals surface area contributed by atoms with E-state index in [9.17, 15) is 17.6 Å². The molecule has 0 saturated heterocycles. The maximum absolute atomic E-state index is 12.5. The van der Waals surface area contributed by atoms with Gasteiger partial charge >= 0.3 is 0 Å². The van der Waals surface area contributed by atoms with Crippen molar-refractivity contribution >= 4 is 0 Å². The van der Waals surface area contributed by atoms with E-state index in [1.165, 1.54) is 7.05 Å². The smallest absolute Gasteiger partial charge is 0.282 e. The molecule has 15 heavy (non-hydrogen) atoms. The van der Waals surface area contributed by atoms with E-state index in [1.54, 1.807) is 0 Å². The Morgan fingerprint density at radius 1 is 1.40 bits per heavy atom. The summed E-state index contributed by atoms with van der Waals surface area (Å²) in [6, 6.07) is 0. The molecule has 7 heteroatoms. The highest BCUT2D eigenvalue weighted by atomic mass is 19.3.